The van der Waals surface area contributed by atoms with Crippen LogP contribution in [0.3, 0.4) is 0 Å². The maximum atomic E-state index is 13.5. The number of benzene rings is 2. The summed E-state index contributed by atoms with van der Waals surface area (Å²) in [5.41, 5.74) is 0.537. The van der Waals surface area contributed by atoms with E-state index in [4.69, 9.17) is 4.74 Å². The number of carbonyl (C=O) groups is 1. The minimum Gasteiger partial charge on any atom is -0.457 e. The smallest absolute Gasteiger partial charge is 0.341 e. The van der Waals surface area contributed by atoms with E-state index in [1.807, 2.05) is 18.2 Å². The van der Waals surface area contributed by atoms with Crippen LogP contribution in [0.25, 0.3) is 0 Å². The number of halogens is 3. The van der Waals surface area contributed by atoms with E-state index in [1.54, 1.807) is 34.7 Å². The van der Waals surface area contributed by atoms with Gasteiger partial charge in [0.25, 0.3) is 0 Å². The lowest BCUT2D eigenvalue weighted by molar-refractivity contribution is 0.0467. The Morgan fingerprint density at radius 3 is 2.47 bits per heavy atom. The van der Waals surface area contributed by atoms with Crippen molar-refractivity contribution >= 4 is 28.6 Å². The number of carbonyl (C=O) groups excluding carboxylic acids is 1. The summed E-state index contributed by atoms with van der Waals surface area (Å²) in [7, 11) is 0. The molecule has 0 spiro atoms. The van der Waals surface area contributed by atoms with Gasteiger partial charge < -0.3 is 4.74 Å². The molecule has 0 atom stereocenters. The van der Waals surface area contributed by atoms with E-state index in [0.717, 1.165) is 11.6 Å². The largest absolute Gasteiger partial charge is 0.457 e. The third-order valence-electron chi connectivity index (χ3n) is 2.44. The van der Waals surface area contributed by atoms with Crippen molar-refractivity contribution in [2.24, 2.45) is 0 Å². The molecule has 0 unspecified atom stereocenters. The molecule has 2 rings (SSSR count). The normalized spacial score (nSPS) is 10.3. The predicted molar refractivity (Wildman–Crippen MR) is 74.6 cm³/mol. The van der Waals surface area contributed by atoms with Crippen LogP contribution in [0.1, 0.15) is 15.9 Å². The Morgan fingerprint density at radius 2 is 1.79 bits per heavy atom. The second-order valence-corrected chi connectivity index (χ2v) is 4.97. The third-order valence-corrected chi connectivity index (χ3v) is 3.27. The lowest BCUT2D eigenvalue weighted by atomic mass is 10.2. The van der Waals surface area contributed by atoms with Crippen molar-refractivity contribution in [2.45, 2.75) is 6.61 Å². The molecule has 2 aromatic rings. The summed E-state index contributed by atoms with van der Waals surface area (Å²) in [5, 5.41) is 0. The zero-order valence-electron chi connectivity index (χ0n) is 9.70. The van der Waals surface area contributed by atoms with Crippen molar-refractivity contribution in [1.82, 2.24) is 0 Å². The van der Waals surface area contributed by atoms with Crippen LogP contribution in [0, 0.1) is 15.2 Å². The van der Waals surface area contributed by atoms with Gasteiger partial charge in [0.15, 0.2) is 0 Å². The summed E-state index contributed by atoms with van der Waals surface area (Å²) < 4.78 is 31.7. The van der Waals surface area contributed by atoms with Gasteiger partial charge in [-0.25, -0.2) is 13.6 Å². The first-order valence-corrected chi connectivity index (χ1v) is 6.51. The number of hydrogen-bond acceptors (Lipinski definition) is 2. The van der Waals surface area contributed by atoms with Gasteiger partial charge in [-0.05, 0) is 34.2 Å². The summed E-state index contributed by atoms with van der Waals surface area (Å²) in [6.07, 6.45) is 0. The quantitative estimate of drug-likeness (QED) is 0.463. The average molecular weight is 374 g/mol. The van der Waals surface area contributed by atoms with Gasteiger partial charge in [-0.1, -0.05) is 30.3 Å². The van der Waals surface area contributed by atoms with Gasteiger partial charge in [-0.3, -0.25) is 0 Å². The monoisotopic (exact) mass is 374 g/mol. The zero-order chi connectivity index (χ0) is 13.8. The molecule has 2 aromatic carbocycles. The predicted octanol–water partition coefficient (Wildman–Crippen LogP) is 3.93. The Labute approximate surface area is 122 Å². The average Bonchev–Trinajstić information content (AvgIpc) is 2.41. The molecule has 0 bridgehead atoms. The van der Waals surface area contributed by atoms with Crippen molar-refractivity contribution in [2.75, 3.05) is 0 Å². The van der Waals surface area contributed by atoms with Crippen molar-refractivity contribution in [1.29, 1.82) is 0 Å². The highest BCUT2D eigenvalue weighted by atomic mass is 127. The first kappa shape index (κ1) is 13.9. The molecule has 19 heavy (non-hydrogen) atoms. The molecule has 0 radical (unpaired) electrons. The number of hydrogen-bond donors (Lipinski definition) is 0. The minimum atomic E-state index is -0.920. The molecule has 0 amide bonds. The number of rotatable bonds is 3. The third kappa shape index (κ3) is 3.50. The Balaban J connectivity index is 2.10. The number of ether oxygens (including phenoxy) is 1. The van der Waals surface area contributed by atoms with Gasteiger partial charge in [0.1, 0.15) is 18.2 Å². The Morgan fingerprint density at radius 1 is 1.11 bits per heavy atom. The molecule has 0 aliphatic rings. The summed E-state index contributed by atoms with van der Waals surface area (Å²) in [5.74, 6) is -2.42. The van der Waals surface area contributed by atoms with Gasteiger partial charge in [-0.15, -0.1) is 0 Å². The summed E-state index contributed by atoms with van der Waals surface area (Å²) in [6, 6.07) is 10.9. The highest BCUT2D eigenvalue weighted by Gasteiger charge is 2.16. The summed E-state index contributed by atoms with van der Waals surface area (Å²) in [6.45, 7) is 0.0487. The molecule has 0 N–H and O–H groups in total. The van der Waals surface area contributed by atoms with Gasteiger partial charge in [0, 0.05) is 9.64 Å². The molecule has 5 heteroatoms. The second kappa shape index (κ2) is 6.10. The summed E-state index contributed by atoms with van der Waals surface area (Å²) >= 11 is 1.69. The van der Waals surface area contributed by atoms with Gasteiger partial charge >= 0.3 is 5.97 Å². The van der Waals surface area contributed by atoms with Crippen LogP contribution < -0.4 is 0 Å². The van der Waals surface area contributed by atoms with Crippen LogP contribution in [0.4, 0.5) is 8.78 Å². The maximum absolute atomic E-state index is 13.5. The topological polar surface area (TPSA) is 26.3 Å². The molecule has 0 aromatic heterocycles. The van der Waals surface area contributed by atoms with Crippen LogP contribution in [0.5, 0.6) is 0 Å². The van der Waals surface area contributed by atoms with Crippen molar-refractivity contribution in [3.05, 3.63) is 68.8 Å². The van der Waals surface area contributed by atoms with Crippen molar-refractivity contribution in [3.63, 3.8) is 0 Å². The Kier molecular flexibility index (Phi) is 4.47. The molecule has 0 saturated heterocycles. The molecule has 0 aliphatic heterocycles. The molecule has 0 aliphatic carbocycles. The Bertz CT molecular complexity index is 600. The highest BCUT2D eigenvalue weighted by molar-refractivity contribution is 14.1. The standard InChI is InChI=1S/C14H9F2IO2/c15-11-7-12(16)13(17)6-10(11)14(18)19-8-9-4-2-1-3-5-9/h1-7H,8H2. The van der Waals surface area contributed by atoms with Crippen LogP contribution >= 0.6 is 22.6 Å². The lowest BCUT2D eigenvalue weighted by Crippen LogP contribution is -2.08. The summed E-state index contributed by atoms with van der Waals surface area (Å²) in [4.78, 5) is 11.7. The van der Waals surface area contributed by atoms with Crippen LogP contribution in [0.2, 0.25) is 0 Å². The highest BCUT2D eigenvalue weighted by Crippen LogP contribution is 2.18. The maximum Gasteiger partial charge on any atom is 0.341 e. The van der Waals surface area contributed by atoms with Crippen molar-refractivity contribution < 1.29 is 18.3 Å². The number of esters is 1. The van der Waals surface area contributed by atoms with E-state index < -0.39 is 17.6 Å². The fraction of sp³-hybridized carbons (Fsp3) is 0.0714. The van der Waals surface area contributed by atoms with Gasteiger partial charge in [-0.2, -0.15) is 0 Å². The zero-order valence-corrected chi connectivity index (χ0v) is 11.9. The first-order chi connectivity index (χ1) is 9.08. The van der Waals surface area contributed by atoms with Crippen LogP contribution in [-0.2, 0) is 11.3 Å². The molecule has 0 fully saturated rings. The Hall–Kier alpha value is -1.50. The molecular weight excluding hydrogens is 365 g/mol. The van der Waals surface area contributed by atoms with Crippen LogP contribution in [-0.4, -0.2) is 5.97 Å². The van der Waals surface area contributed by atoms with Crippen LogP contribution in [0.15, 0.2) is 42.5 Å². The molecule has 0 heterocycles. The second-order valence-electron chi connectivity index (χ2n) is 3.81. The van der Waals surface area contributed by atoms with Gasteiger partial charge in [0.05, 0.1) is 5.56 Å². The fourth-order valence-corrected chi connectivity index (χ4v) is 1.95. The van der Waals surface area contributed by atoms with E-state index in [0.29, 0.717) is 6.07 Å². The van der Waals surface area contributed by atoms with E-state index in [-0.39, 0.29) is 15.7 Å². The minimum absolute atomic E-state index is 0.0487. The van der Waals surface area contributed by atoms with E-state index in [2.05, 4.69) is 0 Å². The molecule has 0 saturated carbocycles. The van der Waals surface area contributed by atoms with E-state index >= 15 is 0 Å². The van der Waals surface area contributed by atoms with Crippen molar-refractivity contribution in [3.8, 4) is 0 Å². The fourth-order valence-electron chi connectivity index (χ4n) is 1.48. The SMILES string of the molecule is O=C(OCc1ccccc1)c1cc(I)c(F)cc1F. The van der Waals surface area contributed by atoms with E-state index in [1.165, 1.54) is 0 Å². The molecule has 2 nitrogen and oxygen atoms in total. The lowest BCUT2D eigenvalue weighted by Gasteiger charge is -2.06. The first-order valence-electron chi connectivity index (χ1n) is 5.43. The van der Waals surface area contributed by atoms with Gasteiger partial charge in [0.2, 0.25) is 0 Å². The molecule has 98 valence electrons. The van der Waals surface area contributed by atoms with E-state index in [9.17, 15) is 13.6 Å². The molecular formula is C14H9F2IO2.